The van der Waals surface area contributed by atoms with Gasteiger partial charge in [0.05, 0.1) is 22.9 Å². The van der Waals surface area contributed by atoms with Crippen LogP contribution in [0.1, 0.15) is 24.8 Å². The van der Waals surface area contributed by atoms with E-state index in [4.69, 9.17) is 0 Å². The van der Waals surface area contributed by atoms with Crippen molar-refractivity contribution in [2.45, 2.75) is 31.9 Å². The summed E-state index contributed by atoms with van der Waals surface area (Å²) in [6, 6.07) is 4.13. The molecule has 1 unspecified atom stereocenters. The van der Waals surface area contributed by atoms with Gasteiger partial charge in [-0.2, -0.15) is 5.10 Å². The molecule has 3 heterocycles. The number of aromatic amines is 1. The third kappa shape index (κ3) is 5.29. The molecule has 5 nitrogen and oxygen atoms in total. The number of hydrogen-bond donors (Lipinski definition) is 3. The van der Waals surface area contributed by atoms with E-state index in [1.54, 1.807) is 11.3 Å². The molecule has 128 valence electrons. The molecule has 3 rings (SSSR count). The zero-order chi connectivity index (χ0) is 15.2. The Morgan fingerprint density at radius 1 is 1.35 bits per heavy atom. The quantitative estimate of drug-likeness (QED) is 0.713. The Morgan fingerprint density at radius 2 is 2.17 bits per heavy atom. The van der Waals surface area contributed by atoms with Gasteiger partial charge in [0.25, 0.3) is 0 Å². The van der Waals surface area contributed by atoms with E-state index in [-0.39, 0.29) is 18.5 Å². The largest absolute Gasteiger partial charge is 0.390 e. The first-order valence-corrected chi connectivity index (χ1v) is 8.88. The SMILES string of the molecule is Cl.OC(CNCc1cn[nH]c1-c1cccs1)CN1CCCCC1. The molecule has 1 aliphatic heterocycles. The van der Waals surface area contributed by atoms with Gasteiger partial charge in [0.1, 0.15) is 0 Å². The molecule has 0 spiro atoms. The van der Waals surface area contributed by atoms with Gasteiger partial charge in [0, 0.05) is 25.2 Å². The highest BCUT2D eigenvalue weighted by molar-refractivity contribution is 7.13. The number of rotatable bonds is 7. The summed E-state index contributed by atoms with van der Waals surface area (Å²) in [4.78, 5) is 3.56. The highest BCUT2D eigenvalue weighted by Crippen LogP contribution is 2.25. The highest BCUT2D eigenvalue weighted by atomic mass is 35.5. The van der Waals surface area contributed by atoms with Crippen molar-refractivity contribution in [3.63, 3.8) is 0 Å². The summed E-state index contributed by atoms with van der Waals surface area (Å²) in [5, 5.41) is 22.8. The Labute approximate surface area is 147 Å². The molecule has 0 aromatic carbocycles. The van der Waals surface area contributed by atoms with Gasteiger partial charge in [-0.3, -0.25) is 5.10 Å². The van der Waals surface area contributed by atoms with Crippen LogP contribution in [0.5, 0.6) is 0 Å². The zero-order valence-corrected chi connectivity index (χ0v) is 14.8. The van der Waals surface area contributed by atoms with Gasteiger partial charge in [0.15, 0.2) is 0 Å². The average Bonchev–Trinajstić information content (AvgIpc) is 3.19. The normalized spacial score (nSPS) is 16.9. The van der Waals surface area contributed by atoms with Crippen molar-refractivity contribution in [1.82, 2.24) is 20.4 Å². The van der Waals surface area contributed by atoms with E-state index in [1.165, 1.54) is 24.1 Å². The molecule has 1 fully saturated rings. The molecule has 1 saturated heterocycles. The third-order valence-corrected chi connectivity index (χ3v) is 4.99. The summed E-state index contributed by atoms with van der Waals surface area (Å²) in [6.45, 7) is 4.37. The lowest BCUT2D eigenvalue weighted by molar-refractivity contribution is 0.1000. The predicted molar refractivity (Wildman–Crippen MR) is 97.2 cm³/mol. The van der Waals surface area contributed by atoms with Gasteiger partial charge in [-0.1, -0.05) is 12.5 Å². The van der Waals surface area contributed by atoms with Crippen molar-refractivity contribution in [3.8, 4) is 10.6 Å². The van der Waals surface area contributed by atoms with Crippen molar-refractivity contribution >= 4 is 23.7 Å². The van der Waals surface area contributed by atoms with Gasteiger partial charge in [-0.05, 0) is 37.4 Å². The van der Waals surface area contributed by atoms with Crippen LogP contribution in [0.3, 0.4) is 0 Å². The van der Waals surface area contributed by atoms with E-state index in [1.807, 2.05) is 12.3 Å². The minimum absolute atomic E-state index is 0. The molecule has 2 aromatic heterocycles. The Hall–Kier alpha value is -0.920. The molecule has 23 heavy (non-hydrogen) atoms. The number of piperidine rings is 1. The van der Waals surface area contributed by atoms with Crippen molar-refractivity contribution in [2.75, 3.05) is 26.2 Å². The van der Waals surface area contributed by atoms with Crippen LogP contribution in [0.2, 0.25) is 0 Å². The lowest BCUT2D eigenvalue weighted by Crippen LogP contribution is -2.40. The first-order valence-electron chi connectivity index (χ1n) is 8.00. The monoisotopic (exact) mass is 356 g/mol. The summed E-state index contributed by atoms with van der Waals surface area (Å²) >= 11 is 1.70. The van der Waals surface area contributed by atoms with Crippen LogP contribution in [0.4, 0.5) is 0 Å². The molecule has 0 bridgehead atoms. The second kappa shape index (κ2) is 9.39. The van der Waals surface area contributed by atoms with Crippen LogP contribution >= 0.6 is 23.7 Å². The molecular formula is C16H25ClN4OS. The molecular weight excluding hydrogens is 332 g/mol. The molecule has 2 aromatic rings. The molecule has 1 atom stereocenters. The lowest BCUT2D eigenvalue weighted by Gasteiger charge is -2.28. The van der Waals surface area contributed by atoms with Crippen molar-refractivity contribution in [3.05, 3.63) is 29.3 Å². The van der Waals surface area contributed by atoms with E-state index in [9.17, 15) is 5.11 Å². The van der Waals surface area contributed by atoms with Gasteiger partial charge in [-0.25, -0.2) is 0 Å². The van der Waals surface area contributed by atoms with Crippen LogP contribution in [0.25, 0.3) is 10.6 Å². The number of halogens is 1. The smallest absolute Gasteiger partial charge is 0.0794 e. The standard InChI is InChI=1S/C16H24N4OS.ClH/c21-14(12-20-6-2-1-3-7-20)11-17-9-13-10-18-19-16(13)15-5-4-8-22-15;/h4-5,8,10,14,17,21H,1-3,6-7,9,11-12H2,(H,18,19);1H. The molecule has 0 aliphatic carbocycles. The summed E-state index contributed by atoms with van der Waals surface area (Å²) in [6.07, 6.45) is 5.41. The first kappa shape index (κ1) is 18.4. The minimum Gasteiger partial charge on any atom is -0.390 e. The summed E-state index contributed by atoms with van der Waals surface area (Å²) < 4.78 is 0. The fraction of sp³-hybridized carbons (Fsp3) is 0.562. The van der Waals surface area contributed by atoms with Crippen LogP contribution in [0, 0.1) is 0 Å². The number of aliphatic hydroxyl groups is 1. The number of thiophene rings is 1. The van der Waals surface area contributed by atoms with Crippen LogP contribution in [-0.4, -0.2) is 52.5 Å². The molecule has 0 amide bonds. The number of nitrogens with zero attached hydrogens (tertiary/aromatic N) is 2. The molecule has 7 heteroatoms. The molecule has 1 aliphatic rings. The fourth-order valence-electron chi connectivity index (χ4n) is 2.96. The number of nitrogens with one attached hydrogen (secondary N) is 2. The third-order valence-electron chi connectivity index (χ3n) is 4.10. The summed E-state index contributed by atoms with van der Waals surface area (Å²) in [5.74, 6) is 0. The maximum atomic E-state index is 10.2. The number of hydrogen-bond acceptors (Lipinski definition) is 5. The van der Waals surface area contributed by atoms with Crippen LogP contribution < -0.4 is 5.32 Å². The molecule has 0 saturated carbocycles. The van der Waals surface area contributed by atoms with Gasteiger partial charge in [-0.15, -0.1) is 23.7 Å². The number of aliphatic hydroxyl groups excluding tert-OH is 1. The Kier molecular flexibility index (Phi) is 7.52. The van der Waals surface area contributed by atoms with Crippen molar-refractivity contribution in [1.29, 1.82) is 0 Å². The second-order valence-electron chi connectivity index (χ2n) is 5.89. The van der Waals surface area contributed by atoms with Gasteiger partial charge < -0.3 is 15.3 Å². The van der Waals surface area contributed by atoms with Crippen LogP contribution in [0.15, 0.2) is 23.7 Å². The molecule has 3 N–H and O–H groups in total. The van der Waals surface area contributed by atoms with Gasteiger partial charge in [0.2, 0.25) is 0 Å². The minimum atomic E-state index is -0.310. The number of aromatic nitrogens is 2. The maximum absolute atomic E-state index is 10.2. The zero-order valence-electron chi connectivity index (χ0n) is 13.2. The predicted octanol–water partition coefficient (Wildman–Crippen LogP) is 2.50. The van der Waals surface area contributed by atoms with E-state index in [0.29, 0.717) is 6.54 Å². The Balaban J connectivity index is 0.00000192. The number of H-pyrrole nitrogens is 1. The second-order valence-corrected chi connectivity index (χ2v) is 6.84. The fourth-order valence-corrected chi connectivity index (χ4v) is 3.71. The summed E-state index contributed by atoms with van der Waals surface area (Å²) in [5.41, 5.74) is 2.22. The Morgan fingerprint density at radius 3 is 2.91 bits per heavy atom. The maximum Gasteiger partial charge on any atom is 0.0794 e. The number of likely N-dealkylation sites (tertiary alicyclic amines) is 1. The van der Waals surface area contributed by atoms with Gasteiger partial charge >= 0.3 is 0 Å². The first-order chi connectivity index (χ1) is 10.8. The summed E-state index contributed by atoms with van der Waals surface area (Å²) in [7, 11) is 0. The van der Waals surface area contributed by atoms with E-state index >= 15 is 0 Å². The highest BCUT2D eigenvalue weighted by Gasteiger charge is 2.15. The Bertz CT molecular complexity index is 554. The van der Waals surface area contributed by atoms with Crippen molar-refractivity contribution in [2.24, 2.45) is 0 Å². The lowest BCUT2D eigenvalue weighted by atomic mass is 10.1. The van der Waals surface area contributed by atoms with Crippen molar-refractivity contribution < 1.29 is 5.11 Å². The molecule has 0 radical (unpaired) electrons. The van der Waals surface area contributed by atoms with E-state index in [2.05, 4.69) is 31.9 Å². The van der Waals surface area contributed by atoms with E-state index in [0.717, 1.165) is 37.4 Å². The van der Waals surface area contributed by atoms with E-state index < -0.39 is 0 Å². The topological polar surface area (TPSA) is 64.2 Å². The number of β-amino-alcohol motifs (C(OH)–C–C–N with tert-alkyl or cyclic N) is 1. The van der Waals surface area contributed by atoms with Crippen LogP contribution in [-0.2, 0) is 6.54 Å². The average molecular weight is 357 g/mol.